The predicted octanol–water partition coefficient (Wildman–Crippen LogP) is 2.11. The normalized spacial score (nSPS) is 26.1. The van der Waals surface area contributed by atoms with Gasteiger partial charge in [0.2, 0.25) is 0 Å². The smallest absolute Gasteiger partial charge is 0.311 e. The summed E-state index contributed by atoms with van der Waals surface area (Å²) < 4.78 is 5.43. The lowest BCUT2D eigenvalue weighted by atomic mass is 9.81. The van der Waals surface area contributed by atoms with Gasteiger partial charge in [-0.15, -0.1) is 0 Å². The van der Waals surface area contributed by atoms with Gasteiger partial charge in [-0.2, -0.15) is 0 Å². The highest BCUT2D eigenvalue weighted by atomic mass is 16.6. The van der Waals surface area contributed by atoms with Crippen molar-refractivity contribution < 1.29 is 9.53 Å². The van der Waals surface area contributed by atoms with Gasteiger partial charge in [0, 0.05) is 5.54 Å². The van der Waals surface area contributed by atoms with Crippen LogP contribution in [-0.2, 0) is 9.53 Å². The molecule has 0 aliphatic carbocycles. The Morgan fingerprint density at radius 3 is 2.47 bits per heavy atom. The number of piperidine rings is 1. The van der Waals surface area contributed by atoms with Gasteiger partial charge in [-0.3, -0.25) is 4.79 Å². The van der Waals surface area contributed by atoms with Crippen molar-refractivity contribution in [2.45, 2.75) is 58.6 Å². The van der Waals surface area contributed by atoms with E-state index in [1.807, 2.05) is 20.8 Å². The van der Waals surface area contributed by atoms with Crippen LogP contribution in [0.1, 0.15) is 47.5 Å². The largest absolute Gasteiger partial charge is 0.460 e. The molecule has 1 unspecified atom stereocenters. The van der Waals surface area contributed by atoms with Crippen molar-refractivity contribution in [1.29, 1.82) is 0 Å². The molecule has 88 valence electrons. The lowest BCUT2D eigenvalue weighted by molar-refractivity contribution is -0.163. The van der Waals surface area contributed by atoms with Crippen LogP contribution >= 0.6 is 0 Å². The van der Waals surface area contributed by atoms with Crippen molar-refractivity contribution in [3.63, 3.8) is 0 Å². The Hall–Kier alpha value is -0.570. The van der Waals surface area contributed by atoms with Gasteiger partial charge in [-0.05, 0) is 54.0 Å². The van der Waals surface area contributed by atoms with Gasteiger partial charge in [0.25, 0.3) is 0 Å². The molecule has 0 radical (unpaired) electrons. The highest BCUT2D eigenvalue weighted by Crippen LogP contribution is 2.28. The van der Waals surface area contributed by atoms with E-state index in [0.29, 0.717) is 0 Å². The maximum absolute atomic E-state index is 12.0. The highest BCUT2D eigenvalue weighted by molar-refractivity contribution is 5.74. The maximum Gasteiger partial charge on any atom is 0.311 e. The molecule has 0 aromatic heterocycles. The molecule has 0 bridgehead atoms. The summed E-state index contributed by atoms with van der Waals surface area (Å²) in [4.78, 5) is 12.0. The molecule has 1 N–H and O–H groups in total. The Morgan fingerprint density at radius 2 is 2.00 bits per heavy atom. The van der Waals surface area contributed by atoms with E-state index in [9.17, 15) is 4.79 Å². The molecule has 0 aromatic carbocycles. The third-order valence-corrected chi connectivity index (χ3v) is 2.81. The Balaban J connectivity index is 2.65. The average Bonchev–Trinajstić information content (AvgIpc) is 1.99. The summed E-state index contributed by atoms with van der Waals surface area (Å²) in [6, 6.07) is 0. The van der Waals surface area contributed by atoms with Crippen LogP contribution in [0.5, 0.6) is 0 Å². The molecule has 1 aliphatic heterocycles. The van der Waals surface area contributed by atoms with Crippen LogP contribution in [0.2, 0.25) is 0 Å². The van der Waals surface area contributed by atoms with Crippen LogP contribution in [0.4, 0.5) is 0 Å². The van der Waals surface area contributed by atoms with Gasteiger partial charge < -0.3 is 10.1 Å². The molecule has 1 saturated heterocycles. The quantitative estimate of drug-likeness (QED) is 0.678. The average molecular weight is 213 g/mol. The van der Waals surface area contributed by atoms with Gasteiger partial charge in [0.1, 0.15) is 5.60 Å². The van der Waals surface area contributed by atoms with E-state index in [1.54, 1.807) is 0 Å². The summed E-state index contributed by atoms with van der Waals surface area (Å²) in [5.41, 5.74) is -0.523. The molecule has 1 rings (SSSR count). The van der Waals surface area contributed by atoms with Gasteiger partial charge in [-0.1, -0.05) is 0 Å². The predicted molar refractivity (Wildman–Crippen MR) is 60.7 cm³/mol. The Labute approximate surface area is 92.6 Å². The second kappa shape index (κ2) is 4.12. The second-order valence-electron chi connectivity index (χ2n) is 5.88. The Morgan fingerprint density at radius 1 is 1.40 bits per heavy atom. The van der Waals surface area contributed by atoms with Crippen LogP contribution in [0.15, 0.2) is 0 Å². The van der Waals surface area contributed by atoms with Crippen molar-refractivity contribution in [1.82, 2.24) is 5.32 Å². The van der Waals surface area contributed by atoms with Crippen molar-refractivity contribution in [3.8, 4) is 0 Å². The minimum absolute atomic E-state index is 0.0227. The molecule has 0 aromatic rings. The molecule has 3 heteroatoms. The SMILES string of the molecule is CC(C)(C)OC(=O)C1CCCNC1(C)C. The molecule has 1 fully saturated rings. The number of nitrogens with one attached hydrogen (secondary N) is 1. The minimum atomic E-state index is -0.384. The first-order valence-electron chi connectivity index (χ1n) is 5.70. The van der Waals surface area contributed by atoms with Crippen molar-refractivity contribution in [3.05, 3.63) is 0 Å². The van der Waals surface area contributed by atoms with E-state index in [1.165, 1.54) is 0 Å². The molecule has 0 saturated carbocycles. The zero-order valence-electron chi connectivity index (χ0n) is 10.5. The van der Waals surface area contributed by atoms with E-state index in [0.717, 1.165) is 19.4 Å². The Kier molecular flexibility index (Phi) is 3.44. The van der Waals surface area contributed by atoms with Gasteiger partial charge in [-0.25, -0.2) is 0 Å². The second-order valence-corrected chi connectivity index (χ2v) is 5.88. The number of hydrogen-bond acceptors (Lipinski definition) is 3. The van der Waals surface area contributed by atoms with E-state index in [2.05, 4.69) is 19.2 Å². The third kappa shape index (κ3) is 3.49. The number of hydrogen-bond donors (Lipinski definition) is 1. The monoisotopic (exact) mass is 213 g/mol. The van der Waals surface area contributed by atoms with Gasteiger partial charge >= 0.3 is 5.97 Å². The maximum atomic E-state index is 12.0. The number of carbonyl (C=O) groups is 1. The fraction of sp³-hybridized carbons (Fsp3) is 0.917. The summed E-state index contributed by atoms with van der Waals surface area (Å²) in [6.07, 6.45) is 1.97. The van der Waals surface area contributed by atoms with E-state index in [-0.39, 0.29) is 23.0 Å². The lowest BCUT2D eigenvalue weighted by Crippen LogP contribution is -2.54. The number of esters is 1. The number of carbonyl (C=O) groups excluding carboxylic acids is 1. The van der Waals surface area contributed by atoms with Crippen LogP contribution < -0.4 is 5.32 Å². The molecule has 3 nitrogen and oxygen atoms in total. The molecule has 0 spiro atoms. The first kappa shape index (κ1) is 12.5. The zero-order chi connectivity index (χ0) is 11.7. The fourth-order valence-electron chi connectivity index (χ4n) is 1.99. The number of rotatable bonds is 1. The highest BCUT2D eigenvalue weighted by Gasteiger charge is 2.39. The first-order valence-corrected chi connectivity index (χ1v) is 5.70. The lowest BCUT2D eigenvalue weighted by Gasteiger charge is -2.39. The number of ether oxygens (including phenoxy) is 1. The third-order valence-electron chi connectivity index (χ3n) is 2.81. The standard InChI is InChI=1S/C12H23NO2/c1-11(2,3)15-10(14)9-7-6-8-13-12(9,4)5/h9,13H,6-8H2,1-5H3. The van der Waals surface area contributed by atoms with Gasteiger partial charge in [0.05, 0.1) is 5.92 Å². The van der Waals surface area contributed by atoms with E-state index >= 15 is 0 Å². The molecule has 1 aliphatic rings. The summed E-state index contributed by atoms with van der Waals surface area (Å²) in [5, 5.41) is 3.37. The molecular weight excluding hydrogens is 190 g/mol. The van der Waals surface area contributed by atoms with E-state index in [4.69, 9.17) is 4.74 Å². The van der Waals surface area contributed by atoms with Crippen LogP contribution in [0.3, 0.4) is 0 Å². The first-order chi connectivity index (χ1) is 6.72. The summed E-state index contributed by atoms with van der Waals surface area (Å²) in [5.74, 6) is -0.0924. The van der Waals surface area contributed by atoms with E-state index < -0.39 is 0 Å². The van der Waals surface area contributed by atoms with Crippen LogP contribution in [-0.4, -0.2) is 23.7 Å². The zero-order valence-corrected chi connectivity index (χ0v) is 10.5. The van der Waals surface area contributed by atoms with Crippen molar-refractivity contribution in [2.75, 3.05) is 6.54 Å². The topological polar surface area (TPSA) is 38.3 Å². The molecular formula is C12H23NO2. The molecule has 1 heterocycles. The minimum Gasteiger partial charge on any atom is -0.460 e. The molecule has 0 amide bonds. The molecule has 1 atom stereocenters. The summed E-state index contributed by atoms with van der Waals surface area (Å²) >= 11 is 0. The van der Waals surface area contributed by atoms with Gasteiger partial charge in [0.15, 0.2) is 0 Å². The summed E-state index contributed by atoms with van der Waals surface area (Å²) in [7, 11) is 0. The van der Waals surface area contributed by atoms with Crippen molar-refractivity contribution in [2.24, 2.45) is 5.92 Å². The fourth-order valence-corrected chi connectivity index (χ4v) is 1.99. The van der Waals surface area contributed by atoms with Crippen LogP contribution in [0.25, 0.3) is 0 Å². The molecule has 15 heavy (non-hydrogen) atoms. The van der Waals surface area contributed by atoms with Crippen LogP contribution in [0, 0.1) is 5.92 Å². The Bertz CT molecular complexity index is 240. The summed E-state index contributed by atoms with van der Waals surface area (Å²) in [6.45, 7) is 10.9. The van der Waals surface area contributed by atoms with Crippen molar-refractivity contribution >= 4 is 5.97 Å².